The fourth-order valence-electron chi connectivity index (χ4n) is 2.30. The molecular formula is C16H20ClNS. The fraction of sp³-hybridized carbons (Fsp3) is 0.375. The summed E-state index contributed by atoms with van der Waals surface area (Å²) in [5, 5.41) is 8.69. The Morgan fingerprint density at radius 2 is 2.05 bits per heavy atom. The van der Waals surface area contributed by atoms with Gasteiger partial charge in [-0.2, -0.15) is 11.3 Å². The maximum absolute atomic E-state index is 6.06. The lowest BCUT2D eigenvalue weighted by Gasteiger charge is -2.17. The standard InChI is InChI=1S/C16H20ClNS/c1-2-18-11-15(9-14-6-7-19-12-14)8-13-4-3-5-16(17)10-13/h3-7,10,12,15,18H,2,8-9,11H2,1H3. The summed E-state index contributed by atoms with van der Waals surface area (Å²) in [4.78, 5) is 0. The van der Waals surface area contributed by atoms with E-state index in [1.807, 2.05) is 12.1 Å². The second-order valence-electron chi connectivity index (χ2n) is 4.84. The molecule has 0 aliphatic rings. The third kappa shape index (κ3) is 4.98. The topological polar surface area (TPSA) is 12.0 Å². The van der Waals surface area contributed by atoms with E-state index in [0.29, 0.717) is 5.92 Å². The molecule has 19 heavy (non-hydrogen) atoms. The Morgan fingerprint density at radius 3 is 2.74 bits per heavy atom. The van der Waals surface area contributed by atoms with Crippen LogP contribution in [0.2, 0.25) is 5.02 Å². The van der Waals surface area contributed by atoms with Crippen LogP contribution in [0.3, 0.4) is 0 Å². The van der Waals surface area contributed by atoms with E-state index in [9.17, 15) is 0 Å². The van der Waals surface area contributed by atoms with Gasteiger partial charge in [0.2, 0.25) is 0 Å². The van der Waals surface area contributed by atoms with Gasteiger partial charge in [0.1, 0.15) is 0 Å². The summed E-state index contributed by atoms with van der Waals surface area (Å²) in [6, 6.07) is 10.4. The molecule has 1 aromatic carbocycles. The Balaban J connectivity index is 2.00. The van der Waals surface area contributed by atoms with Crippen molar-refractivity contribution in [3.8, 4) is 0 Å². The molecule has 0 saturated heterocycles. The zero-order chi connectivity index (χ0) is 13.5. The van der Waals surface area contributed by atoms with Crippen molar-refractivity contribution in [2.75, 3.05) is 13.1 Å². The second kappa shape index (κ2) is 7.68. The minimum absolute atomic E-state index is 0.619. The highest BCUT2D eigenvalue weighted by molar-refractivity contribution is 7.07. The number of hydrogen-bond donors (Lipinski definition) is 1. The highest BCUT2D eigenvalue weighted by Gasteiger charge is 2.11. The van der Waals surface area contributed by atoms with Gasteiger partial charge in [-0.05, 0) is 71.9 Å². The van der Waals surface area contributed by atoms with E-state index in [2.05, 4.69) is 41.2 Å². The van der Waals surface area contributed by atoms with E-state index in [1.54, 1.807) is 11.3 Å². The van der Waals surface area contributed by atoms with Crippen LogP contribution in [0.15, 0.2) is 41.1 Å². The lowest BCUT2D eigenvalue weighted by atomic mass is 9.93. The maximum Gasteiger partial charge on any atom is 0.0408 e. The highest BCUT2D eigenvalue weighted by atomic mass is 35.5. The van der Waals surface area contributed by atoms with Crippen LogP contribution in [-0.2, 0) is 12.8 Å². The van der Waals surface area contributed by atoms with E-state index in [-0.39, 0.29) is 0 Å². The summed E-state index contributed by atoms with van der Waals surface area (Å²) >= 11 is 7.83. The minimum atomic E-state index is 0.619. The number of rotatable bonds is 7. The van der Waals surface area contributed by atoms with Gasteiger partial charge in [-0.3, -0.25) is 0 Å². The van der Waals surface area contributed by atoms with E-state index in [4.69, 9.17) is 11.6 Å². The normalized spacial score (nSPS) is 12.5. The van der Waals surface area contributed by atoms with E-state index in [0.717, 1.165) is 31.0 Å². The van der Waals surface area contributed by atoms with E-state index < -0.39 is 0 Å². The molecule has 1 aromatic heterocycles. The molecule has 1 atom stereocenters. The Morgan fingerprint density at radius 1 is 1.21 bits per heavy atom. The van der Waals surface area contributed by atoms with Crippen molar-refractivity contribution in [3.63, 3.8) is 0 Å². The second-order valence-corrected chi connectivity index (χ2v) is 6.06. The van der Waals surface area contributed by atoms with Gasteiger partial charge in [0.05, 0.1) is 0 Å². The molecule has 0 aliphatic heterocycles. The molecule has 1 unspecified atom stereocenters. The predicted octanol–water partition coefficient (Wildman–Crippen LogP) is 4.41. The largest absolute Gasteiger partial charge is 0.317 e. The summed E-state index contributed by atoms with van der Waals surface area (Å²) in [5.41, 5.74) is 2.76. The summed E-state index contributed by atoms with van der Waals surface area (Å²) in [7, 11) is 0. The van der Waals surface area contributed by atoms with Crippen LogP contribution in [0.4, 0.5) is 0 Å². The molecule has 3 heteroatoms. The van der Waals surface area contributed by atoms with Crippen molar-refractivity contribution >= 4 is 22.9 Å². The molecule has 0 radical (unpaired) electrons. The number of benzene rings is 1. The Hall–Kier alpha value is -0.830. The molecule has 1 nitrogen and oxygen atoms in total. The van der Waals surface area contributed by atoms with Crippen molar-refractivity contribution in [1.82, 2.24) is 5.32 Å². The molecule has 1 N–H and O–H groups in total. The molecule has 0 bridgehead atoms. The summed E-state index contributed by atoms with van der Waals surface area (Å²) in [5.74, 6) is 0.619. The van der Waals surface area contributed by atoms with Crippen molar-refractivity contribution in [2.45, 2.75) is 19.8 Å². The third-order valence-corrected chi connectivity index (χ3v) is 4.17. The van der Waals surface area contributed by atoms with Crippen LogP contribution in [0, 0.1) is 5.92 Å². The monoisotopic (exact) mass is 293 g/mol. The first kappa shape index (κ1) is 14.6. The molecule has 1 heterocycles. The van der Waals surface area contributed by atoms with Gasteiger partial charge in [-0.1, -0.05) is 30.7 Å². The van der Waals surface area contributed by atoms with Crippen LogP contribution in [0.1, 0.15) is 18.1 Å². The van der Waals surface area contributed by atoms with Crippen molar-refractivity contribution in [2.24, 2.45) is 5.92 Å². The maximum atomic E-state index is 6.06. The SMILES string of the molecule is CCNCC(Cc1ccsc1)Cc1cccc(Cl)c1. The Labute approximate surface area is 124 Å². The third-order valence-electron chi connectivity index (χ3n) is 3.20. The molecule has 0 spiro atoms. The minimum Gasteiger partial charge on any atom is -0.317 e. The summed E-state index contributed by atoms with van der Waals surface area (Å²) < 4.78 is 0. The molecule has 2 aromatic rings. The van der Waals surface area contributed by atoms with Gasteiger partial charge < -0.3 is 5.32 Å². The first-order chi connectivity index (χ1) is 9.28. The number of hydrogen-bond acceptors (Lipinski definition) is 2. The predicted molar refractivity (Wildman–Crippen MR) is 85.2 cm³/mol. The van der Waals surface area contributed by atoms with Gasteiger partial charge in [-0.25, -0.2) is 0 Å². The van der Waals surface area contributed by atoms with Gasteiger partial charge >= 0.3 is 0 Å². The average molecular weight is 294 g/mol. The first-order valence-electron chi connectivity index (χ1n) is 6.74. The van der Waals surface area contributed by atoms with E-state index >= 15 is 0 Å². The van der Waals surface area contributed by atoms with Crippen LogP contribution in [-0.4, -0.2) is 13.1 Å². The summed E-state index contributed by atoms with van der Waals surface area (Å²) in [6.07, 6.45) is 2.20. The van der Waals surface area contributed by atoms with Crippen molar-refractivity contribution < 1.29 is 0 Å². The number of nitrogens with one attached hydrogen (secondary N) is 1. The molecule has 0 fully saturated rings. The van der Waals surface area contributed by atoms with Crippen molar-refractivity contribution in [1.29, 1.82) is 0 Å². The zero-order valence-corrected chi connectivity index (χ0v) is 12.8. The zero-order valence-electron chi connectivity index (χ0n) is 11.2. The summed E-state index contributed by atoms with van der Waals surface area (Å²) in [6.45, 7) is 4.23. The van der Waals surface area contributed by atoms with Crippen molar-refractivity contribution in [3.05, 3.63) is 57.2 Å². The Kier molecular flexibility index (Phi) is 5.90. The van der Waals surface area contributed by atoms with Gasteiger partial charge in [0.25, 0.3) is 0 Å². The van der Waals surface area contributed by atoms with Crippen LogP contribution < -0.4 is 5.32 Å². The Bertz CT molecular complexity index is 481. The average Bonchev–Trinajstić information content (AvgIpc) is 2.89. The fourth-order valence-corrected chi connectivity index (χ4v) is 3.20. The quantitative estimate of drug-likeness (QED) is 0.797. The molecule has 0 aliphatic carbocycles. The lowest BCUT2D eigenvalue weighted by Crippen LogP contribution is -2.25. The molecule has 0 saturated carbocycles. The smallest absolute Gasteiger partial charge is 0.0408 e. The molecule has 0 amide bonds. The molecular weight excluding hydrogens is 274 g/mol. The van der Waals surface area contributed by atoms with Crippen LogP contribution in [0.5, 0.6) is 0 Å². The molecule has 2 rings (SSSR count). The van der Waals surface area contributed by atoms with Gasteiger partial charge in [-0.15, -0.1) is 0 Å². The highest BCUT2D eigenvalue weighted by Crippen LogP contribution is 2.18. The first-order valence-corrected chi connectivity index (χ1v) is 8.06. The molecule has 102 valence electrons. The van der Waals surface area contributed by atoms with E-state index in [1.165, 1.54) is 11.1 Å². The number of thiophene rings is 1. The lowest BCUT2D eigenvalue weighted by molar-refractivity contribution is 0.479. The van der Waals surface area contributed by atoms with Crippen LogP contribution >= 0.6 is 22.9 Å². The van der Waals surface area contributed by atoms with Gasteiger partial charge in [0.15, 0.2) is 0 Å². The van der Waals surface area contributed by atoms with Gasteiger partial charge in [0, 0.05) is 5.02 Å². The number of halogens is 1. The van der Waals surface area contributed by atoms with Crippen LogP contribution in [0.25, 0.3) is 0 Å².